The van der Waals surface area contributed by atoms with Gasteiger partial charge in [-0.25, -0.2) is 31.8 Å². The monoisotopic (exact) mass is 861 g/mol. The smallest absolute Gasteiger partial charge is 0.261 e. The molecule has 0 bridgehead atoms. The molecule has 0 aliphatic rings. The average molecular weight is 862 g/mol. The minimum Gasteiger partial charge on any atom is -0.348 e. The lowest BCUT2D eigenvalue weighted by atomic mass is 10.2. The molecule has 9 rings (SSSR count). The number of pyridine rings is 1. The molecule has 2 amide bonds. The molecule has 0 aliphatic heterocycles. The Morgan fingerprint density at radius 3 is 2.08 bits per heavy atom. The number of carbonyl (C=O) groups excluding carboxylic acids is 2. The van der Waals surface area contributed by atoms with E-state index < -0.39 is 19.7 Å². The zero-order chi connectivity index (χ0) is 41.1. The average Bonchev–Trinajstić information content (AvgIpc) is 4.09. The van der Waals surface area contributed by atoms with Gasteiger partial charge in [-0.05, 0) is 71.1 Å². The molecule has 15 nitrogen and oxygen atoms in total. The van der Waals surface area contributed by atoms with Crippen molar-refractivity contribution < 1.29 is 26.4 Å². The minimum absolute atomic E-state index is 0.0720. The number of thiazole rings is 1. The van der Waals surface area contributed by atoms with Crippen LogP contribution in [0.3, 0.4) is 0 Å². The first-order chi connectivity index (χ1) is 28.4. The molecular formula is C40H31N9O6S4. The predicted octanol–water partition coefficient (Wildman–Crippen LogP) is 5.89. The Hall–Kier alpha value is -6.67. The highest BCUT2D eigenvalue weighted by Gasteiger charge is 2.21. The van der Waals surface area contributed by atoms with E-state index in [1.807, 2.05) is 12.1 Å². The summed E-state index contributed by atoms with van der Waals surface area (Å²) in [5, 5.41) is 13.3. The standard InChI is InChI=1S/C22H18N6O3S.C18H13N3O3S3/c1-27-13-16-10-19(6-7-20(16)26-27)32(30,31)18-4-2-15(3-5-18)11-24-21(29)17-12-25-22-23-8-9-28(22)14-17;22-17(15-9-13-5-6-19-11-16(13)26-15)21-10-12-1-3-14(4-2-12)27(23,24)18-20-7-8-25-18/h2-10,12-14H,11H2,1H3,(H,24,29);1-9,11H,10H2,(H,21,22). The van der Waals surface area contributed by atoms with Gasteiger partial charge in [-0.2, -0.15) is 5.10 Å². The first-order valence-electron chi connectivity index (χ1n) is 17.6. The molecule has 0 radical (unpaired) electrons. The molecule has 0 atom stereocenters. The van der Waals surface area contributed by atoms with E-state index in [4.69, 9.17) is 0 Å². The Labute approximate surface area is 344 Å². The molecule has 0 spiro atoms. The first kappa shape index (κ1) is 39.2. The molecule has 0 unspecified atom stereocenters. The van der Waals surface area contributed by atoms with Crippen LogP contribution < -0.4 is 10.6 Å². The third-order valence-corrected chi connectivity index (χ3v) is 14.8. The number of hydrogen-bond acceptors (Lipinski definition) is 13. The van der Waals surface area contributed by atoms with Crippen LogP contribution in [0.15, 0.2) is 153 Å². The van der Waals surface area contributed by atoms with Gasteiger partial charge in [-0.3, -0.25) is 23.7 Å². The van der Waals surface area contributed by atoms with Crippen LogP contribution >= 0.6 is 22.7 Å². The van der Waals surface area contributed by atoms with Crippen LogP contribution in [0.1, 0.15) is 31.2 Å². The fourth-order valence-electron chi connectivity index (χ4n) is 5.93. The number of benzene rings is 3. The Balaban J connectivity index is 0.000000167. The molecule has 0 aliphatic carbocycles. The number of carbonyl (C=O) groups is 2. The van der Waals surface area contributed by atoms with Gasteiger partial charge in [-0.1, -0.05) is 24.3 Å². The minimum atomic E-state index is -3.67. The van der Waals surface area contributed by atoms with Crippen molar-refractivity contribution in [3.8, 4) is 0 Å². The molecule has 9 aromatic rings. The fourth-order valence-corrected chi connectivity index (χ4v) is 10.4. The number of sulfone groups is 2. The number of imidazole rings is 1. The second kappa shape index (κ2) is 16.3. The van der Waals surface area contributed by atoms with E-state index in [-0.39, 0.29) is 37.4 Å². The SMILES string of the molecule is Cn1cc2cc(S(=O)(=O)c3ccc(CNC(=O)c4cnc5nccn5c4)cc3)ccc2n1.O=C(NCc1ccc(S(=O)(=O)c2nccs2)cc1)c1cc2ccncc2s1. The first-order valence-corrected chi connectivity index (χ1v) is 22.3. The van der Waals surface area contributed by atoms with Crippen LogP contribution in [0, 0.1) is 0 Å². The van der Waals surface area contributed by atoms with Gasteiger partial charge in [0.05, 0.1) is 35.3 Å². The summed E-state index contributed by atoms with van der Waals surface area (Å²) in [7, 11) is -5.46. The number of nitrogens with one attached hydrogen (secondary N) is 2. The summed E-state index contributed by atoms with van der Waals surface area (Å²) in [6.07, 6.45) is 13.1. The molecule has 0 saturated carbocycles. The number of nitrogens with zero attached hydrogens (tertiary/aromatic N) is 7. The van der Waals surface area contributed by atoms with Gasteiger partial charge < -0.3 is 10.6 Å². The normalized spacial score (nSPS) is 11.7. The summed E-state index contributed by atoms with van der Waals surface area (Å²) in [4.78, 5) is 42.0. The van der Waals surface area contributed by atoms with E-state index in [1.54, 1.807) is 113 Å². The van der Waals surface area contributed by atoms with Crippen molar-refractivity contribution in [2.45, 2.75) is 32.1 Å². The number of aromatic nitrogens is 7. The third-order valence-electron chi connectivity index (χ3n) is 8.97. The van der Waals surface area contributed by atoms with Crippen molar-refractivity contribution in [3.05, 3.63) is 155 Å². The molecule has 19 heteroatoms. The molecule has 59 heavy (non-hydrogen) atoms. The lowest BCUT2D eigenvalue weighted by Gasteiger charge is -2.08. The van der Waals surface area contributed by atoms with Crippen LogP contribution in [0.5, 0.6) is 0 Å². The molecule has 6 aromatic heterocycles. The summed E-state index contributed by atoms with van der Waals surface area (Å²) >= 11 is 2.47. The summed E-state index contributed by atoms with van der Waals surface area (Å²) in [5.74, 6) is 0.0614. The van der Waals surface area contributed by atoms with Crippen molar-refractivity contribution in [2.24, 2.45) is 7.05 Å². The second-order valence-corrected chi connectivity index (χ2v) is 19.0. The number of amides is 2. The highest BCUT2D eigenvalue weighted by molar-refractivity contribution is 7.93. The Morgan fingerprint density at radius 1 is 0.695 bits per heavy atom. The van der Waals surface area contributed by atoms with E-state index in [2.05, 4.69) is 35.7 Å². The summed E-state index contributed by atoms with van der Waals surface area (Å²) in [6, 6.07) is 21.5. The second-order valence-electron chi connectivity index (χ2n) is 13.0. The number of thiophene rings is 1. The Kier molecular flexibility index (Phi) is 10.8. The maximum atomic E-state index is 13.0. The van der Waals surface area contributed by atoms with E-state index in [9.17, 15) is 26.4 Å². The number of aryl methyl sites for hydroxylation is 1. The molecule has 296 valence electrons. The highest BCUT2D eigenvalue weighted by Crippen LogP contribution is 2.26. The molecule has 6 heterocycles. The zero-order valence-corrected chi connectivity index (χ0v) is 34.1. The largest absolute Gasteiger partial charge is 0.348 e. The molecule has 0 saturated heterocycles. The van der Waals surface area contributed by atoms with Gasteiger partial charge in [0.25, 0.3) is 11.8 Å². The third kappa shape index (κ3) is 8.49. The maximum Gasteiger partial charge on any atom is 0.261 e. The van der Waals surface area contributed by atoms with Gasteiger partial charge in [0, 0.05) is 80.5 Å². The van der Waals surface area contributed by atoms with Crippen LogP contribution in [-0.2, 0) is 39.8 Å². The quantitative estimate of drug-likeness (QED) is 0.166. The number of fused-ring (bicyclic) bond motifs is 3. The predicted molar refractivity (Wildman–Crippen MR) is 222 cm³/mol. The van der Waals surface area contributed by atoms with Gasteiger partial charge in [-0.15, -0.1) is 22.7 Å². The van der Waals surface area contributed by atoms with Crippen LogP contribution in [0.2, 0.25) is 0 Å². The van der Waals surface area contributed by atoms with Crippen molar-refractivity contribution in [1.82, 2.24) is 44.8 Å². The highest BCUT2D eigenvalue weighted by atomic mass is 32.2. The van der Waals surface area contributed by atoms with Crippen LogP contribution in [0.4, 0.5) is 0 Å². The van der Waals surface area contributed by atoms with E-state index in [0.29, 0.717) is 22.8 Å². The van der Waals surface area contributed by atoms with Crippen LogP contribution in [0.25, 0.3) is 26.8 Å². The zero-order valence-electron chi connectivity index (χ0n) is 30.8. The molecular weight excluding hydrogens is 831 g/mol. The van der Waals surface area contributed by atoms with E-state index in [0.717, 1.165) is 43.5 Å². The lowest BCUT2D eigenvalue weighted by Crippen LogP contribution is -2.23. The van der Waals surface area contributed by atoms with Gasteiger partial charge in [0.2, 0.25) is 29.8 Å². The Morgan fingerprint density at radius 2 is 1.39 bits per heavy atom. The van der Waals surface area contributed by atoms with Gasteiger partial charge in [0.15, 0.2) is 0 Å². The summed E-state index contributed by atoms with van der Waals surface area (Å²) < 4.78 is 55.2. The van der Waals surface area contributed by atoms with Crippen molar-refractivity contribution in [2.75, 3.05) is 0 Å². The fraction of sp³-hybridized carbons (Fsp3) is 0.0750. The van der Waals surface area contributed by atoms with Gasteiger partial charge >= 0.3 is 0 Å². The summed E-state index contributed by atoms with van der Waals surface area (Å²) in [5.41, 5.74) is 2.72. The maximum absolute atomic E-state index is 13.0. The summed E-state index contributed by atoms with van der Waals surface area (Å²) in [6.45, 7) is 0.561. The topological polar surface area (TPSA) is 200 Å². The molecule has 2 N–H and O–H groups in total. The van der Waals surface area contributed by atoms with Gasteiger partial charge in [0.1, 0.15) is 0 Å². The van der Waals surface area contributed by atoms with E-state index >= 15 is 0 Å². The van der Waals surface area contributed by atoms with Crippen LogP contribution in [-0.4, -0.2) is 62.8 Å². The Bertz CT molecular complexity index is 3160. The number of rotatable bonds is 10. The number of hydrogen-bond donors (Lipinski definition) is 2. The van der Waals surface area contributed by atoms with E-state index in [1.165, 1.54) is 35.9 Å². The van der Waals surface area contributed by atoms with Crippen molar-refractivity contribution >= 4 is 80.9 Å². The lowest BCUT2D eigenvalue weighted by molar-refractivity contribution is 0.0944. The molecule has 0 fully saturated rings. The molecule has 3 aromatic carbocycles. The van der Waals surface area contributed by atoms with Crippen molar-refractivity contribution in [1.29, 1.82) is 0 Å². The van der Waals surface area contributed by atoms with Crippen molar-refractivity contribution in [3.63, 3.8) is 0 Å².